The summed E-state index contributed by atoms with van der Waals surface area (Å²) in [7, 11) is 1.82. The third kappa shape index (κ3) is 4.70. The summed E-state index contributed by atoms with van der Waals surface area (Å²) < 4.78 is 33.3. The number of nitrogens with one attached hydrogen (secondary N) is 1. The Morgan fingerprint density at radius 2 is 1.69 bits per heavy atom. The maximum Gasteiger partial charge on any atom is 0.278 e. The number of nitrogens with zero attached hydrogens (tertiary/aromatic N) is 4. The number of hydrogen-bond donors (Lipinski definition) is 1. The summed E-state index contributed by atoms with van der Waals surface area (Å²) >= 11 is 0. The van der Waals surface area contributed by atoms with Gasteiger partial charge in [0, 0.05) is 48.5 Å². The average Bonchev–Trinajstić information content (AvgIpc) is 3.59. The number of piperidine rings is 2. The van der Waals surface area contributed by atoms with E-state index in [1.54, 1.807) is 34.0 Å². The molecule has 10 heteroatoms. The normalized spacial score (nSPS) is 27.2. The SMILES string of the molecule is Cn1ncc2cc(C(F)(F)C34CC(c5ccc(CN6CCC(c7ccc8c(c7)CN(C7CCC(=O)NC7=O)C8=O)CC6)cc5)(C3)C4)ccc21. The molecule has 4 heterocycles. The number of alkyl halides is 2. The number of benzene rings is 3. The molecule has 2 saturated heterocycles. The topological polar surface area (TPSA) is 87.5 Å². The Labute approximate surface area is 283 Å². The number of imide groups is 1. The van der Waals surface area contributed by atoms with E-state index in [2.05, 4.69) is 51.7 Å². The summed E-state index contributed by atoms with van der Waals surface area (Å²) in [4.78, 5) is 41.2. The lowest BCUT2D eigenvalue weighted by molar-refractivity contribution is -0.288. The summed E-state index contributed by atoms with van der Waals surface area (Å²) in [6.45, 7) is 3.20. The number of carbonyl (C=O) groups is 3. The van der Waals surface area contributed by atoms with Crippen molar-refractivity contribution in [2.45, 2.75) is 81.3 Å². The summed E-state index contributed by atoms with van der Waals surface area (Å²) in [6.07, 6.45) is 5.89. The molecule has 0 radical (unpaired) electrons. The number of hydrogen-bond acceptors (Lipinski definition) is 5. The first-order chi connectivity index (χ1) is 23.5. The second-order valence-corrected chi connectivity index (χ2v) is 15.3. The number of fused-ring (bicyclic) bond motifs is 2. The fraction of sp³-hybridized carbons (Fsp3) is 0.436. The van der Waals surface area contributed by atoms with Crippen LogP contribution in [0.5, 0.6) is 0 Å². The van der Waals surface area contributed by atoms with Crippen LogP contribution in [0.15, 0.2) is 66.9 Å². The van der Waals surface area contributed by atoms with Crippen LogP contribution in [-0.4, -0.2) is 56.4 Å². The van der Waals surface area contributed by atoms with Crippen molar-refractivity contribution in [3.05, 3.63) is 100 Å². The minimum Gasteiger partial charge on any atom is -0.322 e. The zero-order valence-electron chi connectivity index (χ0n) is 27.6. The molecule has 8 nitrogen and oxygen atoms in total. The first-order valence-corrected chi connectivity index (χ1v) is 17.4. The summed E-state index contributed by atoms with van der Waals surface area (Å²) in [6, 6.07) is 19.1. The van der Waals surface area contributed by atoms with Crippen LogP contribution in [0.4, 0.5) is 8.78 Å². The van der Waals surface area contributed by atoms with Crippen LogP contribution >= 0.6 is 0 Å². The standard InChI is InChI=1S/C39H39F2N5O3/c1-44-32-9-7-30(17-27(32)18-42-44)39(40,41)38-21-37(22-38,23-38)29-5-2-24(3-6-29)19-45-14-12-25(13-15-45)26-4-8-31-28(16-26)20-46(36(31)49)33-10-11-34(47)43-35(33)48/h2-9,16-18,25,33H,10-15,19-23H2,1H3,(H,43,47,48). The van der Waals surface area contributed by atoms with Crippen molar-refractivity contribution in [2.24, 2.45) is 12.5 Å². The molecule has 5 fully saturated rings. The number of amides is 3. The van der Waals surface area contributed by atoms with Crippen molar-refractivity contribution >= 4 is 28.6 Å². The summed E-state index contributed by atoms with van der Waals surface area (Å²) in [5.41, 5.74) is 5.15. The maximum atomic E-state index is 15.8. The molecule has 3 aliphatic heterocycles. The molecule has 4 aromatic rings. The third-order valence-corrected chi connectivity index (χ3v) is 12.4. The van der Waals surface area contributed by atoms with Gasteiger partial charge < -0.3 is 4.90 Å². The van der Waals surface area contributed by atoms with Crippen LogP contribution in [0.25, 0.3) is 10.9 Å². The highest BCUT2D eigenvalue weighted by Crippen LogP contribution is 2.80. The van der Waals surface area contributed by atoms with E-state index < -0.39 is 17.4 Å². The molecule has 0 spiro atoms. The number of aromatic nitrogens is 2. The van der Waals surface area contributed by atoms with Gasteiger partial charge in [-0.3, -0.25) is 29.3 Å². The van der Waals surface area contributed by atoms with Gasteiger partial charge in [-0.1, -0.05) is 42.5 Å². The van der Waals surface area contributed by atoms with Gasteiger partial charge in [0.2, 0.25) is 11.8 Å². The molecule has 3 aromatic carbocycles. The minimum atomic E-state index is -2.86. The van der Waals surface area contributed by atoms with Crippen LogP contribution < -0.4 is 5.32 Å². The zero-order chi connectivity index (χ0) is 33.7. The van der Waals surface area contributed by atoms with Gasteiger partial charge >= 0.3 is 0 Å². The van der Waals surface area contributed by atoms with Gasteiger partial charge in [-0.2, -0.15) is 5.10 Å². The molecule has 2 bridgehead atoms. The predicted molar refractivity (Wildman–Crippen MR) is 179 cm³/mol. The largest absolute Gasteiger partial charge is 0.322 e. The van der Waals surface area contributed by atoms with E-state index in [1.165, 1.54) is 16.7 Å². The Bertz CT molecular complexity index is 2010. The van der Waals surface area contributed by atoms with E-state index in [9.17, 15) is 14.4 Å². The second-order valence-electron chi connectivity index (χ2n) is 15.3. The smallest absolute Gasteiger partial charge is 0.278 e. The lowest BCUT2D eigenvalue weighted by Crippen LogP contribution is -2.70. The van der Waals surface area contributed by atoms with Crippen molar-refractivity contribution in [3.63, 3.8) is 0 Å². The molecular formula is C39H39F2N5O3. The zero-order valence-corrected chi connectivity index (χ0v) is 27.6. The minimum absolute atomic E-state index is 0.100. The Kier molecular flexibility index (Phi) is 6.73. The van der Waals surface area contributed by atoms with Gasteiger partial charge in [-0.05, 0) is 103 Å². The number of likely N-dealkylation sites (tertiary alicyclic amines) is 1. The quantitative estimate of drug-likeness (QED) is 0.248. The molecule has 10 rings (SSSR count). The van der Waals surface area contributed by atoms with Gasteiger partial charge in [-0.25, -0.2) is 8.78 Å². The van der Waals surface area contributed by atoms with Crippen LogP contribution in [0, 0.1) is 5.41 Å². The van der Waals surface area contributed by atoms with Gasteiger partial charge in [0.15, 0.2) is 0 Å². The van der Waals surface area contributed by atoms with Crippen LogP contribution in [0.2, 0.25) is 0 Å². The van der Waals surface area contributed by atoms with E-state index in [0.717, 1.165) is 48.9 Å². The highest BCUT2D eigenvalue weighted by atomic mass is 19.3. The first-order valence-electron chi connectivity index (χ1n) is 17.4. The molecule has 3 aliphatic carbocycles. The van der Waals surface area contributed by atoms with E-state index in [0.29, 0.717) is 43.7 Å². The lowest BCUT2D eigenvalue weighted by atomic mass is 9.31. The number of rotatable bonds is 7. The number of halogens is 2. The summed E-state index contributed by atoms with van der Waals surface area (Å²) in [5, 5.41) is 7.33. The molecule has 1 N–H and O–H groups in total. The predicted octanol–water partition coefficient (Wildman–Crippen LogP) is 5.93. The summed E-state index contributed by atoms with van der Waals surface area (Å²) in [5.74, 6) is -3.26. The van der Waals surface area contributed by atoms with Gasteiger partial charge in [0.05, 0.1) is 11.7 Å². The maximum absolute atomic E-state index is 15.8. The van der Waals surface area contributed by atoms with Crippen LogP contribution in [0.1, 0.15) is 89.0 Å². The molecule has 6 aliphatic rings. The highest BCUT2D eigenvalue weighted by molar-refractivity contribution is 6.05. The third-order valence-electron chi connectivity index (χ3n) is 12.4. The van der Waals surface area contributed by atoms with Gasteiger partial charge in [-0.15, -0.1) is 0 Å². The van der Waals surface area contributed by atoms with Crippen molar-refractivity contribution in [2.75, 3.05) is 13.1 Å². The first kappa shape index (κ1) is 30.6. The number of aryl methyl sites for hydroxylation is 1. The Morgan fingerprint density at radius 3 is 2.43 bits per heavy atom. The van der Waals surface area contributed by atoms with Crippen molar-refractivity contribution in [1.29, 1.82) is 0 Å². The van der Waals surface area contributed by atoms with Crippen molar-refractivity contribution in [1.82, 2.24) is 24.9 Å². The molecule has 49 heavy (non-hydrogen) atoms. The van der Waals surface area contributed by atoms with Gasteiger partial charge in [0.25, 0.3) is 11.8 Å². The fourth-order valence-electron chi connectivity index (χ4n) is 9.59. The highest BCUT2D eigenvalue weighted by Gasteiger charge is 2.77. The molecular weight excluding hydrogens is 624 g/mol. The van der Waals surface area contributed by atoms with Gasteiger partial charge in [0.1, 0.15) is 6.04 Å². The van der Waals surface area contributed by atoms with E-state index >= 15 is 8.78 Å². The second kappa shape index (κ2) is 10.8. The molecule has 3 amide bonds. The van der Waals surface area contributed by atoms with Crippen molar-refractivity contribution < 1.29 is 23.2 Å². The van der Waals surface area contributed by atoms with E-state index in [1.807, 2.05) is 13.1 Å². The molecule has 1 aromatic heterocycles. The molecule has 1 atom stereocenters. The monoisotopic (exact) mass is 663 g/mol. The van der Waals surface area contributed by atoms with Crippen LogP contribution in [-0.2, 0) is 41.1 Å². The van der Waals surface area contributed by atoms with Crippen LogP contribution in [0.3, 0.4) is 0 Å². The van der Waals surface area contributed by atoms with E-state index in [4.69, 9.17) is 0 Å². The molecule has 1 unspecified atom stereocenters. The Balaban J connectivity index is 0.790. The lowest BCUT2D eigenvalue weighted by Gasteiger charge is -2.73. The fourth-order valence-corrected chi connectivity index (χ4v) is 9.59. The van der Waals surface area contributed by atoms with Crippen molar-refractivity contribution in [3.8, 4) is 0 Å². The number of carbonyl (C=O) groups excluding carboxylic acids is 3. The Hall–Kier alpha value is -4.44. The Morgan fingerprint density at radius 1 is 0.939 bits per heavy atom. The molecule has 252 valence electrons. The van der Waals surface area contributed by atoms with E-state index in [-0.39, 0.29) is 35.1 Å². The average molecular weight is 664 g/mol. The molecule has 3 saturated carbocycles.